The van der Waals surface area contributed by atoms with Gasteiger partial charge < -0.3 is 9.84 Å². The quantitative estimate of drug-likeness (QED) is 0.823. The van der Waals surface area contributed by atoms with Crippen LogP contribution in [-0.2, 0) is 25.5 Å². The Balaban J connectivity index is 1.71. The van der Waals surface area contributed by atoms with Crippen LogP contribution in [0.5, 0.6) is 0 Å². The first-order valence-electron chi connectivity index (χ1n) is 7.91. The lowest BCUT2D eigenvalue weighted by atomic mass is 9.94. The third kappa shape index (κ3) is 4.07. The summed E-state index contributed by atoms with van der Waals surface area (Å²) >= 11 is 0. The number of rotatable bonds is 5. The third-order valence-electron chi connectivity index (χ3n) is 4.13. The molecule has 0 saturated carbocycles. The summed E-state index contributed by atoms with van der Waals surface area (Å²) in [5.74, 6) is -0.355. The normalized spacial score (nSPS) is 18.6. The Labute approximate surface area is 146 Å². The van der Waals surface area contributed by atoms with Gasteiger partial charge in [-0.1, -0.05) is 23.8 Å². The van der Waals surface area contributed by atoms with E-state index >= 15 is 0 Å². The second-order valence-corrected chi connectivity index (χ2v) is 7.62. The molecular weight excluding hydrogens is 347 g/mol. The van der Waals surface area contributed by atoms with Gasteiger partial charge in [0, 0.05) is 0 Å². The zero-order chi connectivity index (χ0) is 18.0. The van der Waals surface area contributed by atoms with E-state index in [1.807, 2.05) is 6.92 Å². The average Bonchev–Trinajstić information content (AvgIpc) is 2.59. The Morgan fingerprint density at radius 2 is 2.00 bits per heavy atom. The maximum Gasteiger partial charge on any atom is 0.297 e. The van der Waals surface area contributed by atoms with Crippen molar-refractivity contribution in [3.8, 4) is 0 Å². The maximum atomic E-state index is 13.3. The highest BCUT2D eigenvalue weighted by Gasteiger charge is 2.29. The van der Waals surface area contributed by atoms with E-state index in [9.17, 15) is 17.9 Å². The number of halogens is 1. The minimum absolute atomic E-state index is 0.0253. The lowest BCUT2D eigenvalue weighted by Gasteiger charge is -2.29. The topological polar surface area (TPSA) is 72.8 Å². The molecule has 2 atom stereocenters. The number of aliphatic hydroxyl groups is 1. The maximum absolute atomic E-state index is 13.3. The average molecular weight is 366 g/mol. The van der Waals surface area contributed by atoms with Crippen molar-refractivity contribution < 1.29 is 26.8 Å². The van der Waals surface area contributed by atoms with Gasteiger partial charge in [0.05, 0.1) is 18.1 Å². The van der Waals surface area contributed by atoms with Crippen molar-refractivity contribution in [2.24, 2.45) is 0 Å². The first kappa shape index (κ1) is 18.0. The molecule has 3 rings (SSSR count). The summed E-state index contributed by atoms with van der Waals surface area (Å²) in [6.45, 7) is 1.72. The molecule has 1 N–H and O–H groups in total. The third-order valence-corrected chi connectivity index (χ3v) is 5.43. The first-order chi connectivity index (χ1) is 11.9. The van der Waals surface area contributed by atoms with Crippen LogP contribution in [0.15, 0.2) is 47.4 Å². The van der Waals surface area contributed by atoms with E-state index in [0.717, 1.165) is 11.1 Å². The fourth-order valence-electron chi connectivity index (χ4n) is 2.79. The number of hydrogen-bond donors (Lipinski definition) is 1. The summed E-state index contributed by atoms with van der Waals surface area (Å²) in [7, 11) is -3.97. The van der Waals surface area contributed by atoms with Gasteiger partial charge in [0.25, 0.3) is 10.1 Å². The minimum atomic E-state index is -3.97. The van der Waals surface area contributed by atoms with Crippen molar-refractivity contribution in [1.82, 2.24) is 0 Å². The molecule has 5 nitrogen and oxygen atoms in total. The molecule has 0 amide bonds. The van der Waals surface area contributed by atoms with E-state index in [0.29, 0.717) is 18.6 Å². The van der Waals surface area contributed by atoms with Gasteiger partial charge in [-0.2, -0.15) is 8.42 Å². The van der Waals surface area contributed by atoms with Crippen LogP contribution in [0.2, 0.25) is 0 Å². The highest BCUT2D eigenvalue weighted by atomic mass is 32.2. The molecule has 0 aromatic heterocycles. The van der Waals surface area contributed by atoms with Crippen molar-refractivity contribution in [3.05, 3.63) is 65.0 Å². The van der Waals surface area contributed by atoms with Gasteiger partial charge in [-0.25, -0.2) is 4.39 Å². The van der Waals surface area contributed by atoms with Gasteiger partial charge in [-0.3, -0.25) is 4.18 Å². The van der Waals surface area contributed by atoms with E-state index in [-0.39, 0.29) is 10.7 Å². The van der Waals surface area contributed by atoms with Gasteiger partial charge in [-0.05, 0) is 48.7 Å². The van der Waals surface area contributed by atoms with E-state index in [2.05, 4.69) is 0 Å². The molecule has 0 aliphatic carbocycles. The van der Waals surface area contributed by atoms with Crippen LogP contribution in [0, 0.1) is 12.7 Å². The molecule has 1 aliphatic heterocycles. The van der Waals surface area contributed by atoms with Gasteiger partial charge in [0.1, 0.15) is 18.0 Å². The Kier molecular flexibility index (Phi) is 5.19. The van der Waals surface area contributed by atoms with E-state index in [1.54, 1.807) is 18.2 Å². The number of hydrogen-bond acceptors (Lipinski definition) is 5. The molecule has 134 valence electrons. The van der Waals surface area contributed by atoms with E-state index in [4.69, 9.17) is 8.92 Å². The summed E-state index contributed by atoms with van der Waals surface area (Å²) < 4.78 is 48.3. The first-order valence-corrected chi connectivity index (χ1v) is 9.32. The summed E-state index contributed by atoms with van der Waals surface area (Å²) in [6, 6.07) is 10.5. The molecule has 0 saturated heterocycles. The highest BCUT2D eigenvalue weighted by Crippen LogP contribution is 2.30. The SMILES string of the molecule is Cc1ccc(S(=O)(=O)OC[C@@H](O)C2OCCc3cc(F)ccc32)cc1. The largest absolute Gasteiger partial charge is 0.388 e. The Hall–Kier alpha value is -1.80. The number of aryl methyl sites for hydroxylation is 1. The molecule has 0 spiro atoms. The van der Waals surface area contributed by atoms with Crippen molar-refractivity contribution in [2.75, 3.05) is 13.2 Å². The number of fused-ring (bicyclic) bond motifs is 1. The Bertz CT molecular complexity index is 848. The summed E-state index contributed by atoms with van der Waals surface area (Å²) in [5.41, 5.74) is 2.33. The molecule has 1 heterocycles. The second-order valence-electron chi connectivity index (χ2n) is 6.00. The zero-order valence-electron chi connectivity index (χ0n) is 13.7. The molecule has 25 heavy (non-hydrogen) atoms. The lowest BCUT2D eigenvalue weighted by Crippen LogP contribution is -2.31. The van der Waals surface area contributed by atoms with Gasteiger partial charge in [-0.15, -0.1) is 0 Å². The van der Waals surface area contributed by atoms with Crippen molar-refractivity contribution in [1.29, 1.82) is 0 Å². The standard InChI is InChI=1S/C18H19FO5S/c1-12-2-5-15(6-3-12)25(21,22)24-11-17(20)18-16-7-4-14(19)10-13(16)8-9-23-18/h2-7,10,17-18,20H,8-9,11H2,1H3/t17-,18?/m1/s1. The van der Waals surface area contributed by atoms with Crippen LogP contribution in [0.3, 0.4) is 0 Å². The summed E-state index contributed by atoms with van der Waals surface area (Å²) in [5, 5.41) is 10.3. The molecule has 0 fully saturated rings. The number of aliphatic hydroxyl groups excluding tert-OH is 1. The van der Waals surface area contributed by atoms with Gasteiger partial charge in [0.2, 0.25) is 0 Å². The summed E-state index contributed by atoms with van der Waals surface area (Å²) in [4.78, 5) is 0.0253. The number of benzene rings is 2. The van der Waals surface area contributed by atoms with Gasteiger partial charge in [0.15, 0.2) is 0 Å². The van der Waals surface area contributed by atoms with E-state index < -0.39 is 28.9 Å². The van der Waals surface area contributed by atoms with Gasteiger partial charge >= 0.3 is 0 Å². The fraction of sp³-hybridized carbons (Fsp3) is 0.333. The van der Waals surface area contributed by atoms with Crippen molar-refractivity contribution >= 4 is 10.1 Å². The fourth-order valence-corrected chi connectivity index (χ4v) is 3.72. The minimum Gasteiger partial charge on any atom is -0.388 e. The molecule has 0 bridgehead atoms. The zero-order valence-corrected chi connectivity index (χ0v) is 14.5. The van der Waals surface area contributed by atoms with Crippen LogP contribution >= 0.6 is 0 Å². The van der Waals surface area contributed by atoms with Crippen molar-refractivity contribution in [2.45, 2.75) is 30.4 Å². The molecule has 7 heteroatoms. The highest BCUT2D eigenvalue weighted by molar-refractivity contribution is 7.86. The molecule has 1 aliphatic rings. The molecule has 1 unspecified atom stereocenters. The van der Waals surface area contributed by atoms with Crippen LogP contribution < -0.4 is 0 Å². The predicted octanol–water partition coefficient (Wildman–Crippen LogP) is 2.51. The molecule has 2 aromatic carbocycles. The Morgan fingerprint density at radius 1 is 1.28 bits per heavy atom. The van der Waals surface area contributed by atoms with Crippen LogP contribution in [0.25, 0.3) is 0 Å². The number of ether oxygens (including phenoxy) is 1. The molecule has 2 aromatic rings. The second kappa shape index (κ2) is 7.21. The predicted molar refractivity (Wildman–Crippen MR) is 89.1 cm³/mol. The molecule has 0 radical (unpaired) electrons. The molecular formula is C18H19FO5S. The van der Waals surface area contributed by atoms with Crippen LogP contribution in [0.1, 0.15) is 22.8 Å². The van der Waals surface area contributed by atoms with Crippen LogP contribution in [-0.4, -0.2) is 32.8 Å². The lowest BCUT2D eigenvalue weighted by molar-refractivity contribution is -0.0613. The van der Waals surface area contributed by atoms with Crippen LogP contribution in [0.4, 0.5) is 4.39 Å². The van der Waals surface area contributed by atoms with E-state index in [1.165, 1.54) is 24.3 Å². The summed E-state index contributed by atoms with van der Waals surface area (Å²) in [6.07, 6.45) is -1.40. The van der Waals surface area contributed by atoms with Crippen molar-refractivity contribution in [3.63, 3.8) is 0 Å². The smallest absolute Gasteiger partial charge is 0.297 e. The monoisotopic (exact) mass is 366 g/mol. The Morgan fingerprint density at radius 3 is 2.72 bits per heavy atom.